The minimum absolute atomic E-state index is 0.150. The van der Waals surface area contributed by atoms with Crippen molar-refractivity contribution in [3.63, 3.8) is 0 Å². The summed E-state index contributed by atoms with van der Waals surface area (Å²) in [6, 6.07) is 3.28. The van der Waals surface area contributed by atoms with E-state index < -0.39 is 0 Å². The second kappa shape index (κ2) is 6.56. The minimum Gasteiger partial charge on any atom is -0.467 e. The molecule has 0 bridgehead atoms. The van der Waals surface area contributed by atoms with Gasteiger partial charge in [0, 0.05) is 32.5 Å². The fourth-order valence-electron chi connectivity index (χ4n) is 2.57. The van der Waals surface area contributed by atoms with Gasteiger partial charge in [0.1, 0.15) is 11.7 Å². The standard InChI is InChI=1S/C15H21N3O3/c1-17(2)14(19)12-10-11(7-8-16-12)18-9-5-4-6-13(18)15(20)21-3/h7-8,10,13H,4-6,9H2,1-3H3. The maximum absolute atomic E-state index is 12.0. The smallest absolute Gasteiger partial charge is 0.328 e. The van der Waals surface area contributed by atoms with Gasteiger partial charge in [-0.15, -0.1) is 0 Å². The lowest BCUT2D eigenvalue weighted by molar-refractivity contribution is -0.142. The van der Waals surface area contributed by atoms with Gasteiger partial charge in [-0.25, -0.2) is 4.79 Å². The summed E-state index contributed by atoms with van der Waals surface area (Å²) < 4.78 is 4.89. The lowest BCUT2D eigenvalue weighted by Gasteiger charge is -2.35. The second-order valence-corrected chi connectivity index (χ2v) is 5.33. The average Bonchev–Trinajstić information content (AvgIpc) is 2.53. The summed E-state index contributed by atoms with van der Waals surface area (Å²) in [5.74, 6) is -0.379. The van der Waals surface area contributed by atoms with Crippen molar-refractivity contribution in [2.24, 2.45) is 0 Å². The van der Waals surface area contributed by atoms with Crippen LogP contribution in [0.25, 0.3) is 0 Å². The summed E-state index contributed by atoms with van der Waals surface area (Å²) in [4.78, 5) is 31.5. The Morgan fingerprint density at radius 3 is 2.81 bits per heavy atom. The Balaban J connectivity index is 2.29. The highest BCUT2D eigenvalue weighted by atomic mass is 16.5. The van der Waals surface area contributed by atoms with Gasteiger partial charge in [-0.3, -0.25) is 9.78 Å². The van der Waals surface area contributed by atoms with Crippen molar-refractivity contribution in [1.29, 1.82) is 0 Å². The number of methoxy groups -OCH3 is 1. The topological polar surface area (TPSA) is 62.7 Å². The molecule has 1 aromatic heterocycles. The van der Waals surface area contributed by atoms with E-state index in [1.165, 1.54) is 12.0 Å². The predicted molar refractivity (Wildman–Crippen MR) is 79.3 cm³/mol. The van der Waals surface area contributed by atoms with Crippen molar-refractivity contribution in [1.82, 2.24) is 9.88 Å². The van der Waals surface area contributed by atoms with Crippen molar-refractivity contribution in [3.05, 3.63) is 24.0 Å². The summed E-state index contributed by atoms with van der Waals surface area (Å²) in [5.41, 5.74) is 1.22. The lowest BCUT2D eigenvalue weighted by Crippen LogP contribution is -2.45. The molecule has 6 nitrogen and oxygen atoms in total. The molecule has 0 N–H and O–H groups in total. The van der Waals surface area contributed by atoms with Crippen LogP contribution in [0.15, 0.2) is 18.3 Å². The molecule has 1 aliphatic heterocycles. The molecular weight excluding hydrogens is 270 g/mol. The Hall–Kier alpha value is -2.11. The predicted octanol–water partition coefficient (Wildman–Crippen LogP) is 1.32. The molecule has 114 valence electrons. The number of amides is 1. The largest absolute Gasteiger partial charge is 0.467 e. The molecule has 2 rings (SSSR count). The maximum Gasteiger partial charge on any atom is 0.328 e. The molecule has 1 amide bonds. The Morgan fingerprint density at radius 2 is 2.14 bits per heavy atom. The molecule has 21 heavy (non-hydrogen) atoms. The molecule has 0 radical (unpaired) electrons. The first kappa shape index (κ1) is 15.3. The van der Waals surface area contributed by atoms with Crippen LogP contribution >= 0.6 is 0 Å². The van der Waals surface area contributed by atoms with Gasteiger partial charge < -0.3 is 14.5 Å². The molecule has 0 aromatic carbocycles. The van der Waals surface area contributed by atoms with E-state index in [0.717, 1.165) is 31.5 Å². The van der Waals surface area contributed by atoms with Crippen molar-refractivity contribution < 1.29 is 14.3 Å². The third-order valence-electron chi connectivity index (χ3n) is 3.68. The molecule has 1 fully saturated rings. The zero-order valence-corrected chi connectivity index (χ0v) is 12.7. The number of pyridine rings is 1. The van der Waals surface area contributed by atoms with E-state index in [2.05, 4.69) is 4.98 Å². The summed E-state index contributed by atoms with van der Waals surface area (Å²) in [6.45, 7) is 0.777. The highest BCUT2D eigenvalue weighted by molar-refractivity contribution is 5.93. The fraction of sp³-hybridized carbons (Fsp3) is 0.533. The van der Waals surface area contributed by atoms with Gasteiger partial charge in [0.2, 0.25) is 0 Å². The number of ether oxygens (including phenoxy) is 1. The lowest BCUT2D eigenvalue weighted by atomic mass is 10.0. The number of aromatic nitrogens is 1. The van der Waals surface area contributed by atoms with Crippen LogP contribution in [-0.2, 0) is 9.53 Å². The molecule has 0 spiro atoms. The van der Waals surface area contributed by atoms with E-state index >= 15 is 0 Å². The molecule has 1 unspecified atom stereocenters. The molecule has 2 heterocycles. The Morgan fingerprint density at radius 1 is 1.38 bits per heavy atom. The molecule has 1 atom stereocenters. The summed E-state index contributed by atoms with van der Waals surface area (Å²) in [6.07, 6.45) is 4.40. The maximum atomic E-state index is 12.0. The van der Waals surface area contributed by atoms with E-state index in [4.69, 9.17) is 4.74 Å². The number of carbonyl (C=O) groups is 2. The zero-order chi connectivity index (χ0) is 15.4. The first-order chi connectivity index (χ1) is 10.0. The molecule has 1 aromatic rings. The molecule has 0 aliphatic carbocycles. The summed E-state index contributed by atoms with van der Waals surface area (Å²) >= 11 is 0. The molecule has 0 saturated carbocycles. The highest BCUT2D eigenvalue weighted by Crippen LogP contribution is 2.25. The van der Waals surface area contributed by atoms with Gasteiger partial charge >= 0.3 is 5.97 Å². The van der Waals surface area contributed by atoms with Crippen molar-refractivity contribution in [2.75, 3.05) is 32.6 Å². The van der Waals surface area contributed by atoms with Gasteiger partial charge in [0.25, 0.3) is 5.91 Å². The van der Waals surface area contributed by atoms with Crippen LogP contribution in [0, 0.1) is 0 Å². The van der Waals surface area contributed by atoms with Gasteiger partial charge in [0.05, 0.1) is 7.11 Å². The quantitative estimate of drug-likeness (QED) is 0.786. The van der Waals surface area contributed by atoms with E-state index in [0.29, 0.717) is 5.69 Å². The van der Waals surface area contributed by atoms with E-state index in [-0.39, 0.29) is 17.9 Å². The number of rotatable bonds is 3. The van der Waals surface area contributed by atoms with Crippen molar-refractivity contribution in [3.8, 4) is 0 Å². The van der Waals surface area contributed by atoms with Crippen LogP contribution in [0.2, 0.25) is 0 Å². The van der Waals surface area contributed by atoms with Crippen LogP contribution in [0.4, 0.5) is 5.69 Å². The Kier molecular flexibility index (Phi) is 4.77. The molecule has 6 heteroatoms. The number of carbonyl (C=O) groups excluding carboxylic acids is 2. The van der Waals surface area contributed by atoms with E-state index in [1.807, 2.05) is 11.0 Å². The highest BCUT2D eigenvalue weighted by Gasteiger charge is 2.30. The molecule has 1 aliphatic rings. The summed E-state index contributed by atoms with van der Waals surface area (Å²) in [7, 11) is 4.78. The third-order valence-corrected chi connectivity index (χ3v) is 3.68. The van der Waals surface area contributed by atoms with Gasteiger partial charge in [-0.2, -0.15) is 0 Å². The minimum atomic E-state index is -0.284. The number of nitrogens with zero attached hydrogens (tertiary/aromatic N) is 3. The van der Waals surface area contributed by atoms with Crippen LogP contribution in [0.1, 0.15) is 29.8 Å². The fourth-order valence-corrected chi connectivity index (χ4v) is 2.57. The monoisotopic (exact) mass is 291 g/mol. The number of hydrogen-bond donors (Lipinski definition) is 0. The van der Waals surface area contributed by atoms with Crippen molar-refractivity contribution >= 4 is 17.6 Å². The second-order valence-electron chi connectivity index (χ2n) is 5.33. The third kappa shape index (κ3) is 3.32. The Bertz CT molecular complexity index is 531. The average molecular weight is 291 g/mol. The Labute approximate surface area is 124 Å². The van der Waals surface area contributed by atoms with Gasteiger partial charge in [0.15, 0.2) is 0 Å². The van der Waals surface area contributed by atoms with Gasteiger partial charge in [-0.05, 0) is 31.4 Å². The van der Waals surface area contributed by atoms with Crippen LogP contribution < -0.4 is 4.90 Å². The number of anilines is 1. The van der Waals surface area contributed by atoms with Crippen LogP contribution in [0.3, 0.4) is 0 Å². The number of esters is 1. The van der Waals surface area contributed by atoms with E-state index in [9.17, 15) is 9.59 Å². The number of hydrogen-bond acceptors (Lipinski definition) is 5. The summed E-state index contributed by atoms with van der Waals surface area (Å²) in [5, 5.41) is 0. The van der Waals surface area contributed by atoms with Crippen molar-refractivity contribution in [2.45, 2.75) is 25.3 Å². The molecule has 1 saturated heterocycles. The van der Waals surface area contributed by atoms with Gasteiger partial charge in [-0.1, -0.05) is 0 Å². The first-order valence-corrected chi connectivity index (χ1v) is 7.06. The SMILES string of the molecule is COC(=O)C1CCCCN1c1ccnc(C(=O)N(C)C)c1. The van der Waals surface area contributed by atoms with Crippen LogP contribution in [0.5, 0.6) is 0 Å². The molecular formula is C15H21N3O3. The number of piperidine rings is 1. The normalized spacial score (nSPS) is 18.2. The first-order valence-electron chi connectivity index (χ1n) is 7.06. The zero-order valence-electron chi connectivity index (χ0n) is 12.7. The van der Waals surface area contributed by atoms with Crippen LogP contribution in [-0.4, -0.2) is 55.6 Å². The van der Waals surface area contributed by atoms with E-state index in [1.54, 1.807) is 26.4 Å².